The van der Waals surface area contributed by atoms with Crippen LogP contribution in [0.3, 0.4) is 0 Å². The van der Waals surface area contributed by atoms with E-state index in [9.17, 15) is 23.6 Å². The van der Waals surface area contributed by atoms with Crippen molar-refractivity contribution in [2.75, 3.05) is 11.9 Å². The zero-order valence-corrected chi connectivity index (χ0v) is 20.1. The van der Waals surface area contributed by atoms with E-state index < -0.39 is 29.5 Å². The molecule has 11 heteroatoms. The summed E-state index contributed by atoms with van der Waals surface area (Å²) in [6.45, 7) is 6.96. The monoisotopic (exact) mass is 492 g/mol. The Kier molecular flexibility index (Phi) is 6.56. The number of benzene rings is 2. The molecule has 10 nitrogen and oxygen atoms in total. The first-order valence-electron chi connectivity index (χ1n) is 11.2. The van der Waals surface area contributed by atoms with Crippen molar-refractivity contribution in [2.24, 2.45) is 0 Å². The number of carbonyl (C=O) groups is 2. The maximum Gasteiger partial charge on any atom is 0.352 e. The molecule has 2 heterocycles. The van der Waals surface area contributed by atoms with Crippen LogP contribution in [0, 0.1) is 5.82 Å². The van der Waals surface area contributed by atoms with Crippen LogP contribution in [0.2, 0.25) is 0 Å². The highest BCUT2D eigenvalue weighted by atomic mass is 19.1. The number of hydrogen-bond acceptors (Lipinski definition) is 5. The van der Waals surface area contributed by atoms with Gasteiger partial charge in [0.05, 0.1) is 10.9 Å². The average molecular weight is 493 g/mol. The molecular weight excluding hydrogens is 467 g/mol. The summed E-state index contributed by atoms with van der Waals surface area (Å²) >= 11 is 0. The predicted octanol–water partition coefficient (Wildman–Crippen LogP) is 1.94. The summed E-state index contributed by atoms with van der Waals surface area (Å²) in [6, 6.07) is 9.69. The molecule has 0 radical (unpaired) electrons. The molecule has 36 heavy (non-hydrogen) atoms. The van der Waals surface area contributed by atoms with Crippen molar-refractivity contribution in [1.29, 1.82) is 0 Å². The molecule has 186 valence electrons. The predicted molar refractivity (Wildman–Crippen MR) is 134 cm³/mol. The Balaban J connectivity index is 1.86. The van der Waals surface area contributed by atoms with Gasteiger partial charge in [-0.25, -0.2) is 18.3 Å². The lowest BCUT2D eigenvalue weighted by Crippen LogP contribution is -2.34. The first kappa shape index (κ1) is 24.6. The number of allylic oxidation sites excluding steroid dienone is 1. The number of nitrogens with one attached hydrogen (secondary N) is 1. The van der Waals surface area contributed by atoms with Gasteiger partial charge in [-0.15, -0.1) is 11.7 Å². The van der Waals surface area contributed by atoms with Gasteiger partial charge in [0.25, 0.3) is 11.5 Å². The first-order chi connectivity index (χ1) is 17.1. The Bertz CT molecular complexity index is 1610. The molecule has 0 aliphatic carbocycles. The second-order valence-corrected chi connectivity index (χ2v) is 8.57. The van der Waals surface area contributed by atoms with Crippen LogP contribution in [0.5, 0.6) is 0 Å². The van der Waals surface area contributed by atoms with Gasteiger partial charge in [0.1, 0.15) is 12.4 Å². The summed E-state index contributed by atoms with van der Waals surface area (Å²) in [5, 5.41) is 7.26. The highest BCUT2D eigenvalue weighted by Crippen LogP contribution is 2.16. The largest absolute Gasteiger partial charge is 0.352 e. The molecule has 1 N–H and O–H groups in total. The van der Waals surface area contributed by atoms with Crippen LogP contribution < -0.4 is 21.5 Å². The van der Waals surface area contributed by atoms with Gasteiger partial charge in [0.15, 0.2) is 0 Å². The molecule has 0 atom stereocenters. The molecule has 4 rings (SSSR count). The summed E-state index contributed by atoms with van der Waals surface area (Å²) in [4.78, 5) is 53.4. The number of nitrogens with zero attached hydrogens (tertiary/aromatic N) is 5. The lowest BCUT2D eigenvalue weighted by molar-refractivity contribution is -0.119. The second kappa shape index (κ2) is 9.61. The average Bonchev–Trinajstić information content (AvgIpc) is 3.16. The third-order valence-electron chi connectivity index (χ3n) is 5.64. The third kappa shape index (κ3) is 4.42. The van der Waals surface area contributed by atoms with Crippen LogP contribution in [-0.4, -0.2) is 43.7 Å². The van der Waals surface area contributed by atoms with Crippen molar-refractivity contribution in [3.8, 4) is 0 Å². The van der Waals surface area contributed by atoms with Gasteiger partial charge in [-0.2, -0.15) is 0 Å². The topological polar surface area (TPSA) is 111 Å². The van der Waals surface area contributed by atoms with Gasteiger partial charge in [-0.05, 0) is 56.3 Å². The fourth-order valence-electron chi connectivity index (χ4n) is 3.84. The van der Waals surface area contributed by atoms with E-state index in [4.69, 9.17) is 0 Å². The Morgan fingerprint density at radius 1 is 1.17 bits per heavy atom. The van der Waals surface area contributed by atoms with E-state index in [1.54, 1.807) is 0 Å². The molecule has 4 aromatic rings. The smallest absolute Gasteiger partial charge is 0.350 e. The molecule has 2 aromatic heterocycles. The van der Waals surface area contributed by atoms with Gasteiger partial charge in [-0.1, -0.05) is 6.08 Å². The van der Waals surface area contributed by atoms with Gasteiger partial charge in [0.2, 0.25) is 11.7 Å². The lowest BCUT2D eigenvalue weighted by Gasteiger charge is -2.16. The third-order valence-corrected chi connectivity index (χ3v) is 5.64. The fraction of sp³-hybridized carbons (Fsp3) is 0.240. The number of carbonyl (C=O) groups excluding carboxylic acids is 2. The summed E-state index contributed by atoms with van der Waals surface area (Å²) in [6.07, 6.45) is 1.49. The molecule has 0 aliphatic rings. The molecule has 0 saturated heterocycles. The van der Waals surface area contributed by atoms with Crippen molar-refractivity contribution >= 4 is 34.2 Å². The highest BCUT2D eigenvalue weighted by Gasteiger charge is 2.21. The zero-order chi connectivity index (χ0) is 26.1. The summed E-state index contributed by atoms with van der Waals surface area (Å²) in [5.74, 6) is -1.27. The number of likely N-dealkylation sites (N-methyl/N-ethyl adjacent to an activating group) is 1. The van der Waals surface area contributed by atoms with Crippen LogP contribution in [0.1, 0.15) is 24.2 Å². The van der Waals surface area contributed by atoms with Crippen LogP contribution in [-0.2, 0) is 17.9 Å². The number of hydrogen-bond donors (Lipinski definition) is 1. The van der Waals surface area contributed by atoms with Crippen LogP contribution in [0.15, 0.2) is 64.7 Å². The quantitative estimate of drug-likeness (QED) is 0.397. The molecular formula is C25H25FN6O4. The summed E-state index contributed by atoms with van der Waals surface area (Å²) in [7, 11) is 1.50. The van der Waals surface area contributed by atoms with Crippen molar-refractivity contribution in [1.82, 2.24) is 24.1 Å². The maximum absolute atomic E-state index is 13.4. The van der Waals surface area contributed by atoms with E-state index in [2.05, 4.69) is 17.0 Å². The molecule has 0 spiro atoms. The summed E-state index contributed by atoms with van der Waals surface area (Å²) in [5.41, 5.74) is -0.171. The standard InChI is InChI=1S/C25H25FN6O4/c1-5-12-30-23(35)19-11-6-16(22(34)27-15(2)3)13-20(19)32-24(30)28-31(25(32)36)14-21(33)29(4)18-9-7-17(26)8-10-18/h5-11,13,15H,1,12,14H2,2-4H3,(H,27,34). The van der Waals surface area contributed by atoms with Crippen molar-refractivity contribution < 1.29 is 14.0 Å². The number of rotatable bonds is 7. The highest BCUT2D eigenvalue weighted by molar-refractivity contribution is 5.98. The van der Waals surface area contributed by atoms with Gasteiger partial charge in [-0.3, -0.25) is 19.0 Å². The Morgan fingerprint density at radius 3 is 2.50 bits per heavy atom. The Hall–Kier alpha value is -4.54. The van der Waals surface area contributed by atoms with Crippen molar-refractivity contribution in [3.05, 3.63) is 87.3 Å². The van der Waals surface area contributed by atoms with Gasteiger partial charge in [0, 0.05) is 30.9 Å². The maximum atomic E-state index is 13.4. The Morgan fingerprint density at radius 2 is 1.86 bits per heavy atom. The van der Waals surface area contributed by atoms with Gasteiger partial charge < -0.3 is 10.2 Å². The normalized spacial score (nSPS) is 11.2. The minimum Gasteiger partial charge on any atom is -0.350 e. The number of fused-ring (bicyclic) bond motifs is 3. The summed E-state index contributed by atoms with van der Waals surface area (Å²) < 4.78 is 16.7. The van der Waals surface area contributed by atoms with Crippen molar-refractivity contribution in [2.45, 2.75) is 33.0 Å². The molecule has 2 aromatic carbocycles. The minimum atomic E-state index is -0.657. The van der Waals surface area contributed by atoms with Gasteiger partial charge >= 0.3 is 5.69 Å². The van der Waals surface area contributed by atoms with E-state index in [0.717, 1.165) is 4.68 Å². The number of aromatic nitrogens is 4. The molecule has 0 unspecified atom stereocenters. The van der Waals surface area contributed by atoms with Crippen LogP contribution >= 0.6 is 0 Å². The Labute approximate surface area is 204 Å². The SMILES string of the molecule is C=CCn1c(=O)c2ccc(C(=O)NC(C)C)cc2n2c(=O)n(CC(=O)N(C)c3ccc(F)cc3)nc12. The lowest BCUT2D eigenvalue weighted by atomic mass is 10.1. The molecule has 0 saturated carbocycles. The second-order valence-electron chi connectivity index (χ2n) is 8.57. The van der Waals surface area contributed by atoms with E-state index in [0.29, 0.717) is 5.69 Å². The number of amides is 2. The van der Waals surface area contributed by atoms with Crippen molar-refractivity contribution in [3.63, 3.8) is 0 Å². The molecule has 2 amide bonds. The number of anilines is 1. The number of halogens is 1. The van der Waals surface area contributed by atoms with E-state index >= 15 is 0 Å². The minimum absolute atomic E-state index is 0.0102. The fourth-order valence-corrected chi connectivity index (χ4v) is 3.84. The van der Waals surface area contributed by atoms with Crippen LogP contribution in [0.4, 0.5) is 10.1 Å². The zero-order valence-electron chi connectivity index (χ0n) is 20.1. The first-order valence-corrected chi connectivity index (χ1v) is 11.2. The molecule has 0 fully saturated rings. The van der Waals surface area contributed by atoms with E-state index in [1.807, 2.05) is 13.8 Å². The van der Waals surface area contributed by atoms with E-state index in [-0.39, 0.29) is 40.7 Å². The molecule has 0 aliphatic heterocycles. The van der Waals surface area contributed by atoms with E-state index in [1.165, 1.54) is 69.5 Å². The van der Waals surface area contributed by atoms with Crippen LogP contribution in [0.25, 0.3) is 16.7 Å². The molecule has 0 bridgehead atoms.